The van der Waals surface area contributed by atoms with Gasteiger partial charge in [-0.2, -0.15) is 0 Å². The van der Waals surface area contributed by atoms with Gasteiger partial charge in [0.2, 0.25) is 0 Å². The summed E-state index contributed by atoms with van der Waals surface area (Å²) in [4.78, 5) is 26.9. The molecule has 0 saturated carbocycles. The lowest BCUT2D eigenvalue weighted by atomic mass is 9.87. The Morgan fingerprint density at radius 1 is 1.48 bits per heavy atom. The van der Waals surface area contributed by atoms with Crippen molar-refractivity contribution in [2.45, 2.75) is 46.2 Å². The molecular weight excluding hydrogens is 288 g/mol. The summed E-state index contributed by atoms with van der Waals surface area (Å²) in [5, 5.41) is 14.0. The molecule has 1 aromatic rings. The SMILES string of the molecule is CC1c2ccsc2CCN1C(=O)N[C@@H](C(=O)O)C(C)(C)C. The first-order valence-electron chi connectivity index (χ1n) is 7.08. The van der Waals surface area contributed by atoms with E-state index in [1.807, 2.05) is 39.1 Å². The molecule has 6 heteroatoms. The average molecular weight is 310 g/mol. The highest BCUT2D eigenvalue weighted by molar-refractivity contribution is 7.10. The average Bonchev–Trinajstić information content (AvgIpc) is 2.83. The van der Waals surface area contributed by atoms with Crippen LogP contribution in [0.3, 0.4) is 0 Å². The third-order valence-corrected chi connectivity index (χ3v) is 4.92. The number of carboxylic acids is 1. The molecule has 116 valence electrons. The summed E-state index contributed by atoms with van der Waals surface area (Å²) in [5.41, 5.74) is 0.637. The first kappa shape index (κ1) is 15.8. The normalized spacial score (nSPS) is 19.8. The van der Waals surface area contributed by atoms with Gasteiger partial charge in [0.1, 0.15) is 6.04 Å². The zero-order valence-corrected chi connectivity index (χ0v) is 13.7. The molecule has 0 aliphatic carbocycles. The predicted molar refractivity (Wildman–Crippen MR) is 82.6 cm³/mol. The molecule has 0 spiro atoms. The molecule has 0 aromatic carbocycles. The number of rotatable bonds is 2. The number of nitrogens with one attached hydrogen (secondary N) is 1. The van der Waals surface area contributed by atoms with Crippen LogP contribution in [0.1, 0.15) is 44.2 Å². The van der Waals surface area contributed by atoms with E-state index >= 15 is 0 Å². The van der Waals surface area contributed by atoms with E-state index < -0.39 is 17.4 Å². The zero-order valence-electron chi connectivity index (χ0n) is 12.8. The van der Waals surface area contributed by atoms with Gasteiger partial charge in [0.05, 0.1) is 6.04 Å². The number of hydrogen-bond acceptors (Lipinski definition) is 3. The molecule has 1 aromatic heterocycles. The Morgan fingerprint density at radius 3 is 2.71 bits per heavy atom. The number of carboxylic acid groups (broad SMARTS) is 1. The molecule has 2 atom stereocenters. The van der Waals surface area contributed by atoms with E-state index in [1.165, 1.54) is 10.4 Å². The van der Waals surface area contributed by atoms with Crippen LogP contribution in [0.2, 0.25) is 0 Å². The number of aliphatic carboxylic acids is 1. The Balaban J connectivity index is 2.12. The third kappa shape index (κ3) is 3.20. The molecule has 2 heterocycles. The van der Waals surface area contributed by atoms with E-state index in [9.17, 15) is 14.7 Å². The largest absolute Gasteiger partial charge is 0.480 e. The Morgan fingerprint density at radius 2 is 2.14 bits per heavy atom. The summed E-state index contributed by atoms with van der Waals surface area (Å²) >= 11 is 1.71. The topological polar surface area (TPSA) is 69.6 Å². The van der Waals surface area contributed by atoms with Gasteiger partial charge in [0.15, 0.2) is 0 Å². The van der Waals surface area contributed by atoms with Gasteiger partial charge in [-0.25, -0.2) is 9.59 Å². The second-order valence-corrected chi connectivity index (χ2v) is 7.51. The minimum Gasteiger partial charge on any atom is -0.480 e. The molecule has 2 N–H and O–H groups in total. The van der Waals surface area contributed by atoms with Crippen molar-refractivity contribution in [3.63, 3.8) is 0 Å². The minimum atomic E-state index is -1.00. The van der Waals surface area contributed by atoms with Gasteiger partial charge in [-0.1, -0.05) is 20.8 Å². The summed E-state index contributed by atoms with van der Waals surface area (Å²) in [6.45, 7) is 8.03. The Bertz CT molecular complexity index is 547. The molecule has 0 bridgehead atoms. The fourth-order valence-corrected chi connectivity index (χ4v) is 3.60. The van der Waals surface area contributed by atoms with Gasteiger partial charge < -0.3 is 15.3 Å². The molecular formula is C15H22N2O3S. The lowest BCUT2D eigenvalue weighted by molar-refractivity contribution is -0.142. The Kier molecular flexibility index (Phi) is 4.27. The van der Waals surface area contributed by atoms with Gasteiger partial charge in [-0.15, -0.1) is 11.3 Å². The molecule has 1 unspecified atom stereocenters. The van der Waals surface area contributed by atoms with Gasteiger partial charge in [-0.3, -0.25) is 0 Å². The zero-order chi connectivity index (χ0) is 15.8. The van der Waals surface area contributed by atoms with Crippen molar-refractivity contribution in [1.29, 1.82) is 0 Å². The minimum absolute atomic E-state index is 0.0191. The third-order valence-electron chi connectivity index (χ3n) is 3.92. The summed E-state index contributed by atoms with van der Waals surface area (Å²) in [6.07, 6.45) is 0.831. The molecule has 2 rings (SSSR count). The van der Waals surface area contributed by atoms with Crippen LogP contribution in [-0.2, 0) is 11.2 Å². The van der Waals surface area contributed by atoms with E-state index in [1.54, 1.807) is 16.2 Å². The summed E-state index contributed by atoms with van der Waals surface area (Å²) in [5.74, 6) is -1.00. The molecule has 5 nitrogen and oxygen atoms in total. The monoisotopic (exact) mass is 310 g/mol. The number of hydrogen-bond donors (Lipinski definition) is 2. The lowest BCUT2D eigenvalue weighted by Crippen LogP contribution is -2.54. The fraction of sp³-hybridized carbons (Fsp3) is 0.600. The number of nitrogens with zero attached hydrogens (tertiary/aromatic N) is 1. The molecule has 1 aliphatic rings. The lowest BCUT2D eigenvalue weighted by Gasteiger charge is -2.36. The van der Waals surface area contributed by atoms with Crippen LogP contribution in [-0.4, -0.2) is 34.6 Å². The molecule has 0 saturated heterocycles. The number of carbonyl (C=O) groups excluding carboxylic acids is 1. The van der Waals surface area contributed by atoms with Crippen LogP contribution in [0, 0.1) is 5.41 Å². The number of thiophene rings is 1. The van der Waals surface area contributed by atoms with Crippen LogP contribution in [0.25, 0.3) is 0 Å². The first-order valence-corrected chi connectivity index (χ1v) is 7.96. The maximum absolute atomic E-state index is 12.5. The number of amides is 2. The van der Waals surface area contributed by atoms with Gasteiger partial charge in [0, 0.05) is 11.4 Å². The highest BCUT2D eigenvalue weighted by Crippen LogP contribution is 2.33. The predicted octanol–water partition coefficient (Wildman–Crippen LogP) is 2.88. The standard InChI is InChI=1S/C15H22N2O3S/c1-9-10-6-8-21-11(10)5-7-17(9)14(20)16-12(13(18)19)15(2,3)4/h6,8-9,12H,5,7H2,1-4H3,(H,16,20)(H,18,19)/t9?,12-/m0/s1. The van der Waals surface area contributed by atoms with Gasteiger partial charge >= 0.3 is 12.0 Å². The van der Waals surface area contributed by atoms with Crippen LogP contribution in [0.15, 0.2) is 11.4 Å². The smallest absolute Gasteiger partial charge is 0.326 e. The highest BCUT2D eigenvalue weighted by atomic mass is 32.1. The maximum atomic E-state index is 12.5. The van der Waals surface area contributed by atoms with Crippen molar-refractivity contribution < 1.29 is 14.7 Å². The van der Waals surface area contributed by atoms with Crippen molar-refractivity contribution in [3.8, 4) is 0 Å². The van der Waals surface area contributed by atoms with Crippen LogP contribution < -0.4 is 5.32 Å². The first-order chi connectivity index (χ1) is 9.71. The van der Waals surface area contributed by atoms with Crippen molar-refractivity contribution in [1.82, 2.24) is 10.2 Å². The number of urea groups is 1. The van der Waals surface area contributed by atoms with Crippen LogP contribution in [0.5, 0.6) is 0 Å². The van der Waals surface area contributed by atoms with Gasteiger partial charge in [0.25, 0.3) is 0 Å². The Labute approximate surface area is 129 Å². The van der Waals surface area contributed by atoms with E-state index in [4.69, 9.17) is 0 Å². The Hall–Kier alpha value is -1.56. The van der Waals surface area contributed by atoms with Crippen LogP contribution in [0.4, 0.5) is 4.79 Å². The van der Waals surface area contributed by atoms with E-state index in [-0.39, 0.29) is 12.1 Å². The maximum Gasteiger partial charge on any atom is 0.326 e. The van der Waals surface area contributed by atoms with E-state index in [2.05, 4.69) is 5.32 Å². The van der Waals surface area contributed by atoms with Gasteiger partial charge in [-0.05, 0) is 35.8 Å². The van der Waals surface area contributed by atoms with Crippen molar-refractivity contribution in [3.05, 3.63) is 21.9 Å². The molecule has 0 fully saturated rings. The summed E-state index contributed by atoms with van der Waals surface area (Å²) < 4.78 is 0. The van der Waals surface area contributed by atoms with Crippen LogP contribution >= 0.6 is 11.3 Å². The van der Waals surface area contributed by atoms with Crippen molar-refractivity contribution in [2.75, 3.05) is 6.54 Å². The molecule has 21 heavy (non-hydrogen) atoms. The molecule has 0 radical (unpaired) electrons. The molecule has 2 amide bonds. The summed E-state index contributed by atoms with van der Waals surface area (Å²) in [6, 6.07) is 0.819. The van der Waals surface area contributed by atoms with Crippen molar-refractivity contribution >= 4 is 23.3 Å². The second-order valence-electron chi connectivity index (χ2n) is 6.51. The van der Waals surface area contributed by atoms with E-state index in [0.29, 0.717) is 6.54 Å². The second kappa shape index (κ2) is 5.67. The quantitative estimate of drug-likeness (QED) is 0.882. The highest BCUT2D eigenvalue weighted by Gasteiger charge is 2.36. The fourth-order valence-electron chi connectivity index (χ4n) is 2.64. The molecule has 1 aliphatic heterocycles. The van der Waals surface area contributed by atoms with Crippen molar-refractivity contribution in [2.24, 2.45) is 5.41 Å². The number of carbonyl (C=O) groups is 2. The van der Waals surface area contributed by atoms with E-state index in [0.717, 1.165) is 6.42 Å². The number of fused-ring (bicyclic) bond motifs is 1. The summed E-state index contributed by atoms with van der Waals surface area (Å²) in [7, 11) is 0.